The van der Waals surface area contributed by atoms with E-state index in [1.54, 1.807) is 6.07 Å². The predicted octanol–water partition coefficient (Wildman–Crippen LogP) is 1.60. The van der Waals surface area contributed by atoms with Gasteiger partial charge < -0.3 is 20.6 Å². The highest BCUT2D eigenvalue weighted by Crippen LogP contribution is 2.32. The molecule has 7 heteroatoms. The van der Waals surface area contributed by atoms with Crippen molar-refractivity contribution in [2.75, 3.05) is 43.0 Å². The molecule has 1 heterocycles. The van der Waals surface area contributed by atoms with Crippen LogP contribution >= 0.6 is 11.6 Å². The summed E-state index contributed by atoms with van der Waals surface area (Å²) < 4.78 is 0. The van der Waals surface area contributed by atoms with Crippen LogP contribution in [0.2, 0.25) is 5.02 Å². The number of aliphatic hydroxyl groups is 1. The molecule has 23 heavy (non-hydrogen) atoms. The van der Waals surface area contributed by atoms with Crippen molar-refractivity contribution in [3.05, 3.63) is 23.2 Å². The fourth-order valence-corrected chi connectivity index (χ4v) is 2.83. The van der Waals surface area contributed by atoms with Gasteiger partial charge in [0.25, 0.3) is 0 Å². The summed E-state index contributed by atoms with van der Waals surface area (Å²) >= 11 is 6.07. The molecule has 1 amide bonds. The Kier molecular flexibility index (Phi) is 6.51. The van der Waals surface area contributed by atoms with Gasteiger partial charge in [-0.05, 0) is 37.0 Å². The van der Waals surface area contributed by atoms with Crippen molar-refractivity contribution in [3.8, 4) is 6.07 Å². The molecule has 124 valence electrons. The lowest BCUT2D eigenvalue weighted by Crippen LogP contribution is -2.35. The fraction of sp³-hybridized carbons (Fsp3) is 0.500. The zero-order valence-corrected chi connectivity index (χ0v) is 13.6. The molecule has 0 atom stereocenters. The van der Waals surface area contributed by atoms with Gasteiger partial charge in [-0.1, -0.05) is 11.6 Å². The van der Waals surface area contributed by atoms with Gasteiger partial charge in [0, 0.05) is 24.7 Å². The second-order valence-corrected chi connectivity index (χ2v) is 6.00. The van der Waals surface area contributed by atoms with E-state index in [0.29, 0.717) is 10.9 Å². The van der Waals surface area contributed by atoms with E-state index in [4.69, 9.17) is 16.9 Å². The van der Waals surface area contributed by atoms with Gasteiger partial charge in [-0.15, -0.1) is 0 Å². The Morgan fingerprint density at radius 2 is 2.17 bits per heavy atom. The van der Waals surface area contributed by atoms with Crippen LogP contribution in [-0.2, 0) is 4.79 Å². The Hall–Kier alpha value is -1.97. The normalized spacial score (nSPS) is 15.1. The molecule has 6 nitrogen and oxygen atoms in total. The highest BCUT2D eigenvalue weighted by atomic mass is 35.5. The predicted molar refractivity (Wildman–Crippen MR) is 90.6 cm³/mol. The van der Waals surface area contributed by atoms with Crippen molar-refractivity contribution >= 4 is 28.9 Å². The third-order valence-corrected chi connectivity index (χ3v) is 4.21. The monoisotopic (exact) mass is 336 g/mol. The summed E-state index contributed by atoms with van der Waals surface area (Å²) in [7, 11) is 0. The van der Waals surface area contributed by atoms with Crippen molar-refractivity contribution < 1.29 is 9.90 Å². The molecule has 0 unspecified atom stereocenters. The quantitative estimate of drug-likeness (QED) is 0.687. The largest absolute Gasteiger partial charge is 0.396 e. The van der Waals surface area contributed by atoms with Crippen molar-refractivity contribution in [2.24, 2.45) is 5.92 Å². The molecule has 1 fully saturated rings. The lowest BCUT2D eigenvalue weighted by molar-refractivity contribution is -0.119. The van der Waals surface area contributed by atoms with Crippen LogP contribution in [0, 0.1) is 17.2 Å². The van der Waals surface area contributed by atoms with Gasteiger partial charge in [0.05, 0.1) is 24.0 Å². The first-order valence-corrected chi connectivity index (χ1v) is 8.04. The summed E-state index contributed by atoms with van der Waals surface area (Å²) in [5.41, 5.74) is 1.80. The minimum atomic E-state index is -0.239. The van der Waals surface area contributed by atoms with Crippen LogP contribution in [0.4, 0.5) is 11.4 Å². The summed E-state index contributed by atoms with van der Waals surface area (Å²) in [5, 5.41) is 23.9. The standard InChI is InChI=1S/C16H21ClN4O2/c17-13-1-2-15(21-7-3-12(11-22)4-8-21)14(9-13)20-10-16(23)19-6-5-18/h1-2,9,12,20,22H,3-4,6-8,10-11H2,(H,19,23). The van der Waals surface area contributed by atoms with E-state index < -0.39 is 0 Å². The zero-order chi connectivity index (χ0) is 16.7. The number of amides is 1. The van der Waals surface area contributed by atoms with Crippen LogP contribution in [0.5, 0.6) is 0 Å². The van der Waals surface area contributed by atoms with E-state index in [2.05, 4.69) is 15.5 Å². The van der Waals surface area contributed by atoms with Gasteiger partial charge in [-0.3, -0.25) is 4.79 Å². The van der Waals surface area contributed by atoms with Crippen molar-refractivity contribution in [2.45, 2.75) is 12.8 Å². The average molecular weight is 337 g/mol. The second-order valence-electron chi connectivity index (χ2n) is 5.56. The number of hydrogen-bond acceptors (Lipinski definition) is 5. The number of piperidine rings is 1. The highest BCUT2D eigenvalue weighted by Gasteiger charge is 2.20. The van der Waals surface area contributed by atoms with E-state index in [0.717, 1.165) is 37.3 Å². The minimum Gasteiger partial charge on any atom is -0.396 e. The molecule has 1 aliphatic rings. The number of nitrogens with one attached hydrogen (secondary N) is 2. The molecule has 0 bridgehead atoms. The van der Waals surface area contributed by atoms with Crippen LogP contribution < -0.4 is 15.5 Å². The van der Waals surface area contributed by atoms with Crippen LogP contribution in [0.25, 0.3) is 0 Å². The van der Waals surface area contributed by atoms with Gasteiger partial charge in [-0.25, -0.2) is 0 Å². The Morgan fingerprint density at radius 1 is 1.43 bits per heavy atom. The summed E-state index contributed by atoms with van der Waals surface area (Å²) in [6.45, 7) is 2.04. The Morgan fingerprint density at radius 3 is 2.83 bits per heavy atom. The summed E-state index contributed by atoms with van der Waals surface area (Å²) in [5.74, 6) is 0.128. The molecule has 0 radical (unpaired) electrons. The lowest BCUT2D eigenvalue weighted by Gasteiger charge is -2.34. The van der Waals surface area contributed by atoms with E-state index in [1.165, 1.54) is 0 Å². The number of carbonyl (C=O) groups is 1. The number of nitrogens with zero attached hydrogens (tertiary/aromatic N) is 2. The van der Waals surface area contributed by atoms with Crippen molar-refractivity contribution in [1.29, 1.82) is 5.26 Å². The molecule has 1 aliphatic heterocycles. The van der Waals surface area contributed by atoms with Gasteiger partial charge in [0.15, 0.2) is 0 Å². The Bertz CT molecular complexity index is 580. The molecule has 1 aromatic rings. The minimum absolute atomic E-state index is 0.00239. The number of halogens is 1. The third-order valence-electron chi connectivity index (χ3n) is 3.98. The molecule has 0 spiro atoms. The van der Waals surface area contributed by atoms with Gasteiger partial charge in [0.2, 0.25) is 5.91 Å². The maximum atomic E-state index is 11.6. The van der Waals surface area contributed by atoms with Crippen LogP contribution in [-0.4, -0.2) is 43.8 Å². The number of aliphatic hydroxyl groups excluding tert-OH is 1. The zero-order valence-electron chi connectivity index (χ0n) is 12.9. The number of nitriles is 1. The molecule has 0 aromatic heterocycles. The summed E-state index contributed by atoms with van der Waals surface area (Å²) in [6.07, 6.45) is 1.89. The Balaban J connectivity index is 2.03. The highest BCUT2D eigenvalue weighted by molar-refractivity contribution is 6.31. The average Bonchev–Trinajstić information content (AvgIpc) is 2.58. The van der Waals surface area contributed by atoms with Gasteiger partial charge in [-0.2, -0.15) is 5.26 Å². The molecule has 0 aliphatic carbocycles. The SMILES string of the molecule is N#CCNC(=O)CNc1cc(Cl)ccc1N1CCC(CO)CC1. The first-order valence-electron chi connectivity index (χ1n) is 7.67. The molecule has 2 rings (SSSR count). The number of benzene rings is 1. The van der Waals surface area contributed by atoms with Crippen LogP contribution in [0.3, 0.4) is 0 Å². The van der Waals surface area contributed by atoms with Crippen LogP contribution in [0.15, 0.2) is 18.2 Å². The van der Waals surface area contributed by atoms with Gasteiger partial charge >= 0.3 is 0 Å². The Labute approximate surface area is 141 Å². The number of hydrogen-bond donors (Lipinski definition) is 3. The van der Waals surface area contributed by atoms with Crippen molar-refractivity contribution in [3.63, 3.8) is 0 Å². The maximum absolute atomic E-state index is 11.6. The molecular weight excluding hydrogens is 316 g/mol. The fourth-order valence-electron chi connectivity index (χ4n) is 2.66. The molecular formula is C16H21ClN4O2. The number of rotatable bonds is 6. The molecule has 3 N–H and O–H groups in total. The maximum Gasteiger partial charge on any atom is 0.240 e. The smallest absolute Gasteiger partial charge is 0.240 e. The van der Waals surface area contributed by atoms with E-state index in [9.17, 15) is 9.90 Å². The van der Waals surface area contributed by atoms with E-state index in [-0.39, 0.29) is 25.6 Å². The second kappa shape index (κ2) is 8.61. The summed E-state index contributed by atoms with van der Waals surface area (Å²) in [4.78, 5) is 13.9. The van der Waals surface area contributed by atoms with Gasteiger partial charge in [0.1, 0.15) is 6.54 Å². The lowest BCUT2D eigenvalue weighted by atomic mass is 9.97. The van der Waals surface area contributed by atoms with Crippen LogP contribution in [0.1, 0.15) is 12.8 Å². The van der Waals surface area contributed by atoms with E-state index in [1.807, 2.05) is 18.2 Å². The first kappa shape index (κ1) is 17.4. The first-order chi connectivity index (χ1) is 11.1. The number of anilines is 2. The third kappa shape index (κ3) is 5.02. The topological polar surface area (TPSA) is 88.4 Å². The number of carbonyl (C=O) groups excluding carboxylic acids is 1. The molecule has 0 saturated carbocycles. The molecule has 1 saturated heterocycles. The van der Waals surface area contributed by atoms with Crippen molar-refractivity contribution in [1.82, 2.24) is 5.32 Å². The summed E-state index contributed by atoms with van der Waals surface area (Å²) in [6, 6.07) is 7.44. The van der Waals surface area contributed by atoms with E-state index >= 15 is 0 Å². The molecule has 1 aromatic carbocycles.